The number of carbonyl (C=O) groups is 1. The number of terminal acetylenes is 1. The number of halogens is 6. The second-order valence-electron chi connectivity index (χ2n) is 5.98. The molecule has 0 fully saturated rings. The van der Waals surface area contributed by atoms with Crippen LogP contribution in [0.15, 0.2) is 23.1 Å². The lowest BCUT2D eigenvalue weighted by molar-refractivity contribution is -0.138. The molecule has 0 saturated carbocycles. The summed E-state index contributed by atoms with van der Waals surface area (Å²) >= 11 is 5.43. The van der Waals surface area contributed by atoms with Gasteiger partial charge in [-0.05, 0) is 25.1 Å². The summed E-state index contributed by atoms with van der Waals surface area (Å²) in [5.74, 6) is -2.04. The maximum absolute atomic E-state index is 14.0. The molecule has 13 heteroatoms. The summed E-state index contributed by atoms with van der Waals surface area (Å²) < 4.78 is 92.8. The second kappa shape index (κ2) is 8.25. The highest BCUT2D eigenvalue weighted by atomic mass is 35.5. The molecule has 1 atom stereocenters. The Bertz CT molecular complexity index is 1150. The molecule has 30 heavy (non-hydrogen) atoms. The summed E-state index contributed by atoms with van der Waals surface area (Å²) in [5, 5.41) is 1.23. The van der Waals surface area contributed by atoms with E-state index < -0.39 is 55.4 Å². The van der Waals surface area contributed by atoms with Crippen molar-refractivity contribution in [2.75, 3.05) is 5.32 Å². The minimum absolute atomic E-state index is 0.0943. The largest absolute Gasteiger partial charge is 0.415 e. The standard InChI is InChI=1S/C17H13ClF5N3O3S/c1-4-13(17(21,22)23)25-30(28,29)12-7-11(26(3)8(12)2)16(27)24-10-6-5-9(19)14(18)15(10)20/h1,5-7,13,25H,2-3H3,(H,24,27)/t13-/m1/s1. The minimum atomic E-state index is -5.04. The zero-order valence-corrected chi connectivity index (χ0v) is 16.8. The van der Waals surface area contributed by atoms with Crippen LogP contribution in [0.1, 0.15) is 16.2 Å². The first-order valence-corrected chi connectivity index (χ1v) is 9.73. The van der Waals surface area contributed by atoms with Crippen molar-refractivity contribution in [3.63, 3.8) is 0 Å². The fraction of sp³-hybridized carbons (Fsp3) is 0.235. The van der Waals surface area contributed by atoms with Gasteiger partial charge in [0.2, 0.25) is 10.0 Å². The predicted molar refractivity (Wildman–Crippen MR) is 98.5 cm³/mol. The molecule has 0 aliphatic rings. The van der Waals surface area contributed by atoms with Crippen molar-refractivity contribution in [2.24, 2.45) is 7.05 Å². The third-order valence-corrected chi connectivity index (χ3v) is 5.95. The van der Waals surface area contributed by atoms with Gasteiger partial charge in [-0.25, -0.2) is 17.2 Å². The molecule has 0 aliphatic heterocycles. The fourth-order valence-corrected chi connectivity index (χ4v) is 3.98. The van der Waals surface area contributed by atoms with Crippen molar-refractivity contribution in [1.82, 2.24) is 9.29 Å². The number of anilines is 1. The number of sulfonamides is 1. The molecule has 0 aliphatic carbocycles. The minimum Gasteiger partial charge on any atom is -0.343 e. The zero-order chi connectivity index (χ0) is 23.0. The third-order valence-electron chi connectivity index (χ3n) is 4.06. The summed E-state index contributed by atoms with van der Waals surface area (Å²) in [6.07, 6.45) is -0.288. The highest BCUT2D eigenvalue weighted by Crippen LogP contribution is 2.27. The summed E-state index contributed by atoms with van der Waals surface area (Å²) in [4.78, 5) is 11.8. The Hall–Kier alpha value is -2.62. The topological polar surface area (TPSA) is 80.2 Å². The van der Waals surface area contributed by atoms with Crippen molar-refractivity contribution >= 4 is 33.2 Å². The third kappa shape index (κ3) is 4.58. The van der Waals surface area contributed by atoms with Gasteiger partial charge in [0.05, 0.1) is 5.69 Å². The Morgan fingerprint density at radius 2 is 1.90 bits per heavy atom. The van der Waals surface area contributed by atoms with Gasteiger partial charge in [0.15, 0.2) is 11.9 Å². The first-order chi connectivity index (χ1) is 13.7. The molecule has 0 bridgehead atoms. The van der Waals surface area contributed by atoms with Crippen LogP contribution in [0.5, 0.6) is 0 Å². The molecule has 1 amide bonds. The summed E-state index contributed by atoms with van der Waals surface area (Å²) in [7, 11) is -3.51. The van der Waals surface area contributed by atoms with Crippen molar-refractivity contribution in [1.29, 1.82) is 0 Å². The molecule has 0 unspecified atom stereocenters. The van der Waals surface area contributed by atoms with E-state index in [-0.39, 0.29) is 11.4 Å². The molecule has 0 saturated heterocycles. The van der Waals surface area contributed by atoms with E-state index in [4.69, 9.17) is 18.0 Å². The number of alkyl halides is 3. The number of amides is 1. The Kier molecular flexibility index (Phi) is 6.51. The molecule has 2 aromatic rings. The van der Waals surface area contributed by atoms with E-state index >= 15 is 0 Å². The average Bonchev–Trinajstić information content (AvgIpc) is 2.95. The number of rotatable bonds is 5. The highest BCUT2D eigenvalue weighted by Gasteiger charge is 2.42. The lowest BCUT2D eigenvalue weighted by Gasteiger charge is -2.16. The van der Waals surface area contributed by atoms with Crippen LogP contribution in [0.3, 0.4) is 0 Å². The van der Waals surface area contributed by atoms with Crippen LogP contribution in [-0.4, -0.2) is 31.1 Å². The van der Waals surface area contributed by atoms with Crippen molar-refractivity contribution in [2.45, 2.75) is 24.0 Å². The monoisotopic (exact) mass is 469 g/mol. The lowest BCUT2D eigenvalue weighted by Crippen LogP contribution is -2.44. The first kappa shape index (κ1) is 23.7. The Labute approximate surface area is 173 Å². The summed E-state index contributed by atoms with van der Waals surface area (Å²) in [6.45, 7) is 1.24. The molecule has 1 aromatic carbocycles. The normalized spacial score (nSPS) is 13.0. The van der Waals surface area contributed by atoms with Gasteiger partial charge in [0.25, 0.3) is 5.91 Å². The number of aromatic nitrogens is 1. The van der Waals surface area contributed by atoms with Gasteiger partial charge in [0.1, 0.15) is 21.4 Å². The quantitative estimate of drug-likeness (QED) is 0.400. The van der Waals surface area contributed by atoms with Crippen LogP contribution in [0.25, 0.3) is 0 Å². The van der Waals surface area contributed by atoms with Crippen LogP contribution < -0.4 is 10.0 Å². The first-order valence-electron chi connectivity index (χ1n) is 7.87. The molecule has 0 radical (unpaired) electrons. The smallest absolute Gasteiger partial charge is 0.343 e. The molecule has 1 aromatic heterocycles. The van der Waals surface area contributed by atoms with Crippen molar-refractivity contribution < 1.29 is 35.2 Å². The number of hydrogen-bond donors (Lipinski definition) is 2. The summed E-state index contributed by atoms with van der Waals surface area (Å²) in [5.41, 5.74) is -0.919. The van der Waals surface area contributed by atoms with Crippen LogP contribution >= 0.6 is 11.6 Å². The Balaban J connectivity index is 2.40. The molecule has 1 heterocycles. The van der Waals surface area contributed by atoms with E-state index in [2.05, 4.69) is 5.32 Å². The zero-order valence-electron chi connectivity index (χ0n) is 15.2. The number of nitrogens with one attached hydrogen (secondary N) is 2. The van der Waals surface area contributed by atoms with Gasteiger partial charge in [-0.2, -0.15) is 17.9 Å². The Morgan fingerprint density at radius 3 is 2.43 bits per heavy atom. The maximum Gasteiger partial charge on any atom is 0.415 e. The summed E-state index contributed by atoms with van der Waals surface area (Å²) in [6, 6.07) is -0.298. The Morgan fingerprint density at radius 1 is 1.30 bits per heavy atom. The number of nitrogens with zero attached hydrogens (tertiary/aromatic N) is 1. The molecule has 2 rings (SSSR count). The molecular weight excluding hydrogens is 457 g/mol. The van der Waals surface area contributed by atoms with E-state index in [1.54, 1.807) is 0 Å². The molecule has 6 nitrogen and oxygen atoms in total. The molecule has 2 N–H and O–H groups in total. The predicted octanol–water partition coefficient (Wildman–Crippen LogP) is 3.36. The van der Waals surface area contributed by atoms with Crippen molar-refractivity contribution in [3.05, 3.63) is 46.2 Å². The van der Waals surface area contributed by atoms with E-state index in [1.807, 2.05) is 0 Å². The highest BCUT2D eigenvalue weighted by molar-refractivity contribution is 7.89. The number of hydrogen-bond acceptors (Lipinski definition) is 3. The van der Waals surface area contributed by atoms with Gasteiger partial charge < -0.3 is 9.88 Å². The second-order valence-corrected chi connectivity index (χ2v) is 8.04. The lowest BCUT2D eigenvalue weighted by atomic mass is 10.2. The fourth-order valence-electron chi connectivity index (χ4n) is 2.38. The maximum atomic E-state index is 14.0. The SMILES string of the molecule is C#C[C@@H](NS(=O)(=O)c1cc(C(=O)Nc2ccc(F)c(Cl)c2F)n(C)c1C)C(F)(F)F. The van der Waals surface area contributed by atoms with E-state index in [0.717, 1.165) is 22.8 Å². The van der Waals surface area contributed by atoms with E-state index in [9.17, 15) is 35.2 Å². The van der Waals surface area contributed by atoms with Crippen LogP contribution in [0.4, 0.5) is 27.6 Å². The van der Waals surface area contributed by atoms with Crippen LogP contribution in [0, 0.1) is 30.9 Å². The van der Waals surface area contributed by atoms with E-state index in [1.165, 1.54) is 24.6 Å². The van der Waals surface area contributed by atoms with Crippen LogP contribution in [-0.2, 0) is 17.1 Å². The van der Waals surface area contributed by atoms with Gasteiger partial charge in [-0.3, -0.25) is 4.79 Å². The van der Waals surface area contributed by atoms with Gasteiger partial charge >= 0.3 is 6.18 Å². The van der Waals surface area contributed by atoms with E-state index in [0.29, 0.717) is 0 Å². The van der Waals surface area contributed by atoms with Crippen LogP contribution in [0.2, 0.25) is 5.02 Å². The average molecular weight is 470 g/mol. The number of carbonyl (C=O) groups excluding carboxylic acids is 1. The van der Waals surface area contributed by atoms with Crippen molar-refractivity contribution in [3.8, 4) is 12.3 Å². The van der Waals surface area contributed by atoms with Gasteiger partial charge in [-0.1, -0.05) is 17.5 Å². The molecule has 162 valence electrons. The number of benzene rings is 1. The van der Waals surface area contributed by atoms with Gasteiger partial charge in [0, 0.05) is 12.7 Å². The van der Waals surface area contributed by atoms with Gasteiger partial charge in [-0.15, -0.1) is 6.42 Å². The molecular formula is C17H13ClF5N3O3S. The molecule has 0 spiro atoms.